The molecule has 0 fully saturated rings. The van der Waals surface area contributed by atoms with Crippen LogP contribution in [-0.4, -0.2) is 42.4 Å². The minimum atomic E-state index is -3.84. The van der Waals surface area contributed by atoms with Crippen LogP contribution in [0.15, 0.2) is 76.5 Å². The minimum absolute atomic E-state index is 0.00764. The van der Waals surface area contributed by atoms with Crippen molar-refractivity contribution < 1.29 is 26.4 Å². The number of sulfonamides is 2. The Morgan fingerprint density at radius 3 is 2.08 bits per heavy atom. The maximum absolute atomic E-state index is 12.6. The normalized spacial score (nSPS) is 11.6. The number of rotatable bonds is 11. The summed E-state index contributed by atoms with van der Waals surface area (Å²) >= 11 is 6.05. The maximum Gasteiger partial charge on any atom is 0.261 e. The summed E-state index contributed by atoms with van der Waals surface area (Å²) in [4.78, 5) is 12.2. The lowest BCUT2D eigenvalue weighted by Crippen LogP contribution is -2.36. The summed E-state index contributed by atoms with van der Waals surface area (Å²) in [7, 11) is -7.50. The first-order chi connectivity index (χ1) is 17.0. The van der Waals surface area contributed by atoms with Gasteiger partial charge in [0, 0.05) is 18.1 Å². The first-order valence-corrected chi connectivity index (χ1v) is 14.2. The van der Waals surface area contributed by atoms with Crippen molar-refractivity contribution in [1.82, 2.24) is 10.0 Å². The summed E-state index contributed by atoms with van der Waals surface area (Å²) in [5.41, 5.74) is 2.11. The predicted octanol–water partition coefficient (Wildman–Crippen LogP) is 3.23. The number of benzene rings is 3. The van der Waals surface area contributed by atoms with Crippen LogP contribution in [0, 0.1) is 13.8 Å². The smallest absolute Gasteiger partial charge is 0.261 e. The highest BCUT2D eigenvalue weighted by Crippen LogP contribution is 2.23. The molecule has 3 rings (SSSR count). The van der Waals surface area contributed by atoms with Gasteiger partial charge in [0.15, 0.2) is 6.61 Å². The monoisotopic (exact) mass is 551 g/mol. The molecule has 0 atom stereocenters. The van der Waals surface area contributed by atoms with Gasteiger partial charge in [0.2, 0.25) is 10.0 Å². The van der Waals surface area contributed by atoms with Gasteiger partial charge < -0.3 is 10.1 Å². The fourth-order valence-electron chi connectivity index (χ4n) is 2.97. The van der Waals surface area contributed by atoms with E-state index in [1.807, 2.05) is 13.8 Å². The Morgan fingerprint density at radius 2 is 1.44 bits per heavy atom. The van der Waals surface area contributed by atoms with Gasteiger partial charge in [-0.15, -0.1) is 0 Å². The summed E-state index contributed by atoms with van der Waals surface area (Å²) in [5, 5.41) is 3.00. The van der Waals surface area contributed by atoms with Crippen LogP contribution in [-0.2, 0) is 24.8 Å². The van der Waals surface area contributed by atoms with Crippen molar-refractivity contribution >= 4 is 43.2 Å². The SMILES string of the molecule is Cc1ccc(S(=O)(=O)NCCNC(=O)COc2ccc(S(=O)(=O)Nc3ccc(C)c(Cl)c3)cc2)cc1. The van der Waals surface area contributed by atoms with E-state index in [2.05, 4.69) is 14.8 Å². The molecule has 0 spiro atoms. The van der Waals surface area contributed by atoms with Gasteiger partial charge in [-0.25, -0.2) is 21.6 Å². The fourth-order valence-corrected chi connectivity index (χ4v) is 5.24. The molecule has 0 aliphatic rings. The predicted molar refractivity (Wildman–Crippen MR) is 138 cm³/mol. The highest BCUT2D eigenvalue weighted by molar-refractivity contribution is 7.92. The van der Waals surface area contributed by atoms with Crippen LogP contribution in [0.1, 0.15) is 11.1 Å². The van der Waals surface area contributed by atoms with Gasteiger partial charge in [0.25, 0.3) is 15.9 Å². The number of nitrogens with one attached hydrogen (secondary N) is 3. The summed E-state index contributed by atoms with van der Waals surface area (Å²) in [5.74, 6) is -0.165. The third-order valence-electron chi connectivity index (χ3n) is 5.00. The van der Waals surface area contributed by atoms with E-state index in [-0.39, 0.29) is 29.5 Å². The summed E-state index contributed by atoms with van der Waals surface area (Å²) in [6.07, 6.45) is 0. The number of ether oxygens (including phenoxy) is 1. The van der Waals surface area contributed by atoms with E-state index >= 15 is 0 Å². The second-order valence-corrected chi connectivity index (χ2v) is 11.7. The Bertz CT molecular complexity index is 1430. The second-order valence-electron chi connectivity index (χ2n) is 7.89. The Labute approximate surface area is 215 Å². The van der Waals surface area contributed by atoms with Crippen molar-refractivity contribution in [3.8, 4) is 5.75 Å². The maximum atomic E-state index is 12.6. The molecule has 3 N–H and O–H groups in total. The van der Waals surface area contributed by atoms with Crippen LogP contribution in [0.4, 0.5) is 5.69 Å². The lowest BCUT2D eigenvalue weighted by atomic mass is 10.2. The fraction of sp³-hybridized carbons (Fsp3) is 0.208. The average molecular weight is 552 g/mol. The molecule has 0 saturated carbocycles. The molecule has 0 aliphatic carbocycles. The van der Waals surface area contributed by atoms with Gasteiger partial charge in [-0.3, -0.25) is 9.52 Å². The second kappa shape index (κ2) is 11.7. The molecule has 0 radical (unpaired) electrons. The highest BCUT2D eigenvalue weighted by atomic mass is 35.5. The van der Waals surface area contributed by atoms with Crippen molar-refractivity contribution in [3.05, 3.63) is 82.9 Å². The molecule has 36 heavy (non-hydrogen) atoms. The van der Waals surface area contributed by atoms with E-state index in [0.717, 1.165) is 11.1 Å². The number of amides is 1. The molecule has 1 amide bonds. The molecular weight excluding hydrogens is 526 g/mol. The number of carbonyl (C=O) groups is 1. The van der Waals surface area contributed by atoms with Crippen molar-refractivity contribution in [2.45, 2.75) is 23.6 Å². The van der Waals surface area contributed by atoms with Crippen LogP contribution in [0.5, 0.6) is 5.75 Å². The lowest BCUT2D eigenvalue weighted by Gasteiger charge is -2.11. The number of halogens is 1. The summed E-state index contributed by atoms with van der Waals surface area (Å²) in [6, 6.07) is 16.8. The molecular formula is C24H26ClN3O6S2. The van der Waals surface area contributed by atoms with E-state index in [4.69, 9.17) is 16.3 Å². The Morgan fingerprint density at radius 1 is 0.833 bits per heavy atom. The third kappa shape index (κ3) is 7.69. The van der Waals surface area contributed by atoms with Gasteiger partial charge in [-0.1, -0.05) is 35.4 Å². The molecule has 3 aromatic rings. The quantitative estimate of drug-likeness (QED) is 0.314. The van der Waals surface area contributed by atoms with Gasteiger partial charge in [-0.05, 0) is 67.9 Å². The molecule has 0 bridgehead atoms. The molecule has 192 valence electrons. The lowest BCUT2D eigenvalue weighted by molar-refractivity contribution is -0.123. The minimum Gasteiger partial charge on any atom is -0.484 e. The molecule has 0 aromatic heterocycles. The van der Waals surface area contributed by atoms with Crippen molar-refractivity contribution in [3.63, 3.8) is 0 Å². The van der Waals surface area contributed by atoms with Crippen molar-refractivity contribution in [2.75, 3.05) is 24.4 Å². The van der Waals surface area contributed by atoms with Crippen LogP contribution >= 0.6 is 11.6 Å². The molecule has 9 nitrogen and oxygen atoms in total. The number of aryl methyl sites for hydroxylation is 2. The Hall–Kier alpha value is -3.12. The van der Waals surface area contributed by atoms with E-state index in [1.165, 1.54) is 42.5 Å². The van der Waals surface area contributed by atoms with Gasteiger partial charge in [0.05, 0.1) is 15.5 Å². The van der Waals surface area contributed by atoms with Crippen LogP contribution in [0.25, 0.3) is 0 Å². The zero-order chi connectivity index (χ0) is 26.3. The van der Waals surface area contributed by atoms with E-state index in [9.17, 15) is 21.6 Å². The van der Waals surface area contributed by atoms with Crippen molar-refractivity contribution in [1.29, 1.82) is 0 Å². The number of hydrogen-bond donors (Lipinski definition) is 3. The third-order valence-corrected chi connectivity index (χ3v) is 8.28. The molecule has 3 aromatic carbocycles. The summed E-state index contributed by atoms with van der Waals surface area (Å²) < 4.78 is 59.9. The zero-order valence-electron chi connectivity index (χ0n) is 19.6. The average Bonchev–Trinajstić information content (AvgIpc) is 2.83. The van der Waals surface area contributed by atoms with Crippen LogP contribution in [0.2, 0.25) is 5.02 Å². The number of carbonyl (C=O) groups excluding carboxylic acids is 1. The number of hydrogen-bond acceptors (Lipinski definition) is 6. The van der Waals surface area contributed by atoms with Crippen LogP contribution < -0.4 is 19.5 Å². The number of anilines is 1. The Kier molecular flexibility index (Phi) is 8.96. The van der Waals surface area contributed by atoms with Gasteiger partial charge in [0.1, 0.15) is 5.75 Å². The topological polar surface area (TPSA) is 131 Å². The largest absolute Gasteiger partial charge is 0.484 e. The molecule has 0 unspecified atom stereocenters. The van der Waals surface area contributed by atoms with Gasteiger partial charge in [-0.2, -0.15) is 0 Å². The molecule has 0 aliphatic heterocycles. The van der Waals surface area contributed by atoms with Gasteiger partial charge >= 0.3 is 0 Å². The zero-order valence-corrected chi connectivity index (χ0v) is 22.0. The van der Waals surface area contributed by atoms with E-state index in [1.54, 1.807) is 24.3 Å². The Balaban J connectivity index is 1.44. The van der Waals surface area contributed by atoms with Crippen LogP contribution in [0.3, 0.4) is 0 Å². The first-order valence-electron chi connectivity index (χ1n) is 10.8. The summed E-state index contributed by atoms with van der Waals surface area (Å²) in [6.45, 7) is 3.43. The first kappa shape index (κ1) is 27.5. The molecule has 0 heterocycles. The standard InChI is InChI=1S/C24H26ClN3O6S2/c1-17-3-9-21(10-4-17)35(30,31)27-14-13-26-24(29)16-34-20-7-11-22(12-8-20)36(32,33)28-19-6-5-18(2)23(25)15-19/h3-12,15,27-28H,13-14,16H2,1-2H3,(H,26,29). The molecule has 0 saturated heterocycles. The van der Waals surface area contributed by atoms with Crippen molar-refractivity contribution in [2.24, 2.45) is 0 Å². The molecule has 12 heteroatoms. The van der Waals surface area contributed by atoms with E-state index in [0.29, 0.717) is 16.5 Å². The highest BCUT2D eigenvalue weighted by Gasteiger charge is 2.16. The van der Waals surface area contributed by atoms with E-state index < -0.39 is 26.0 Å².